The molecule has 3 nitrogen and oxygen atoms in total. The molecular weight excluding hydrogens is 296 g/mol. The van der Waals surface area contributed by atoms with Crippen LogP contribution in [0.25, 0.3) is 10.9 Å². The lowest BCUT2D eigenvalue weighted by molar-refractivity contribution is 0.174. The van der Waals surface area contributed by atoms with Gasteiger partial charge in [-0.2, -0.15) is 0 Å². The fraction of sp³-hybridized carbons (Fsp3) is 0.524. The fourth-order valence-corrected chi connectivity index (χ4v) is 4.10. The molecule has 24 heavy (non-hydrogen) atoms. The van der Waals surface area contributed by atoms with E-state index in [-0.39, 0.29) is 0 Å². The van der Waals surface area contributed by atoms with Crippen molar-refractivity contribution < 1.29 is 4.74 Å². The molecule has 0 spiro atoms. The molecule has 3 heteroatoms. The zero-order chi connectivity index (χ0) is 16.9. The molecule has 0 saturated heterocycles. The Balaban J connectivity index is 1.77. The maximum Gasteiger partial charge on any atom is 0.119 e. The minimum absolute atomic E-state index is 0.733. The molecule has 1 aromatic carbocycles. The summed E-state index contributed by atoms with van der Waals surface area (Å²) in [7, 11) is 1.73. The first-order valence-electron chi connectivity index (χ1n) is 9.23. The summed E-state index contributed by atoms with van der Waals surface area (Å²) in [5.41, 5.74) is 3.91. The normalized spacial score (nSPS) is 16.0. The van der Waals surface area contributed by atoms with E-state index in [0.717, 1.165) is 31.3 Å². The Kier molecular flexibility index (Phi) is 5.62. The van der Waals surface area contributed by atoms with Crippen LogP contribution in [0.4, 0.5) is 0 Å². The largest absolute Gasteiger partial charge is 0.497 e. The van der Waals surface area contributed by atoms with E-state index < -0.39 is 0 Å². The molecule has 1 aromatic heterocycles. The highest BCUT2D eigenvalue weighted by atomic mass is 16.5. The molecule has 1 N–H and O–H groups in total. The molecule has 0 radical (unpaired) electrons. The average molecular weight is 326 g/mol. The first-order valence-corrected chi connectivity index (χ1v) is 9.23. The highest BCUT2D eigenvalue weighted by Crippen LogP contribution is 2.28. The van der Waals surface area contributed by atoms with Crippen LogP contribution in [0.15, 0.2) is 30.9 Å². The molecule has 0 aliphatic heterocycles. The quantitative estimate of drug-likeness (QED) is 0.737. The highest BCUT2D eigenvalue weighted by molar-refractivity contribution is 5.86. The third kappa shape index (κ3) is 3.67. The SMILES string of the molecule is C=CCN(CCc1c(C)[nH]c2ccc(OC)cc12)C1CCCCC1. The number of methoxy groups -OCH3 is 1. The predicted octanol–water partition coefficient (Wildman–Crippen LogP) is 4.85. The van der Waals surface area contributed by atoms with Gasteiger partial charge in [-0.25, -0.2) is 0 Å². The topological polar surface area (TPSA) is 28.3 Å². The standard InChI is InChI=1S/C21H30N2O/c1-4-13-23(17-8-6-5-7-9-17)14-12-19-16(2)22-21-11-10-18(24-3)15-20(19)21/h4,10-11,15,17,22H,1,5-9,12-14H2,2-3H3. The number of hydrogen-bond donors (Lipinski definition) is 1. The summed E-state index contributed by atoms with van der Waals surface area (Å²) in [5.74, 6) is 0.929. The minimum atomic E-state index is 0.733. The number of aromatic nitrogens is 1. The van der Waals surface area contributed by atoms with Gasteiger partial charge in [0.2, 0.25) is 0 Å². The molecule has 2 aromatic rings. The number of aryl methyl sites for hydroxylation is 1. The second-order valence-corrected chi connectivity index (χ2v) is 6.97. The van der Waals surface area contributed by atoms with E-state index in [4.69, 9.17) is 4.74 Å². The highest BCUT2D eigenvalue weighted by Gasteiger charge is 2.20. The number of nitrogens with one attached hydrogen (secondary N) is 1. The summed E-state index contributed by atoms with van der Waals surface area (Å²) in [5, 5.41) is 1.30. The first kappa shape index (κ1) is 17.1. The summed E-state index contributed by atoms with van der Waals surface area (Å²) in [4.78, 5) is 6.15. The van der Waals surface area contributed by atoms with Gasteiger partial charge >= 0.3 is 0 Å². The third-order valence-corrected chi connectivity index (χ3v) is 5.43. The summed E-state index contributed by atoms with van der Waals surface area (Å²) < 4.78 is 5.41. The Morgan fingerprint density at radius 3 is 2.79 bits per heavy atom. The van der Waals surface area contributed by atoms with E-state index in [1.807, 2.05) is 6.07 Å². The van der Waals surface area contributed by atoms with Crippen LogP contribution in [0, 0.1) is 6.92 Å². The van der Waals surface area contributed by atoms with Crippen LogP contribution in [0.3, 0.4) is 0 Å². The molecule has 1 heterocycles. The predicted molar refractivity (Wildman–Crippen MR) is 102 cm³/mol. The van der Waals surface area contributed by atoms with Crippen LogP contribution in [-0.4, -0.2) is 36.1 Å². The molecule has 1 aliphatic carbocycles. The number of H-pyrrole nitrogens is 1. The summed E-state index contributed by atoms with van der Waals surface area (Å²) in [6.45, 7) is 8.24. The summed E-state index contributed by atoms with van der Waals surface area (Å²) in [6, 6.07) is 7.03. The number of fused-ring (bicyclic) bond motifs is 1. The van der Waals surface area contributed by atoms with E-state index in [1.165, 1.54) is 54.3 Å². The zero-order valence-corrected chi connectivity index (χ0v) is 15.1. The number of aromatic amines is 1. The number of nitrogens with zero attached hydrogens (tertiary/aromatic N) is 1. The van der Waals surface area contributed by atoms with E-state index in [0.29, 0.717) is 0 Å². The van der Waals surface area contributed by atoms with Gasteiger partial charge in [-0.3, -0.25) is 4.90 Å². The molecular formula is C21H30N2O. The van der Waals surface area contributed by atoms with Crippen molar-refractivity contribution >= 4 is 10.9 Å². The van der Waals surface area contributed by atoms with Crippen molar-refractivity contribution in [3.05, 3.63) is 42.1 Å². The van der Waals surface area contributed by atoms with Crippen LogP contribution in [0.5, 0.6) is 5.75 Å². The van der Waals surface area contributed by atoms with Crippen molar-refractivity contribution in [2.45, 2.75) is 51.5 Å². The van der Waals surface area contributed by atoms with Gasteiger partial charge in [-0.1, -0.05) is 25.3 Å². The van der Waals surface area contributed by atoms with Crippen LogP contribution in [0.2, 0.25) is 0 Å². The van der Waals surface area contributed by atoms with E-state index in [1.54, 1.807) is 7.11 Å². The Bertz CT molecular complexity index is 682. The fourth-order valence-electron chi connectivity index (χ4n) is 4.10. The lowest BCUT2D eigenvalue weighted by Crippen LogP contribution is -2.38. The smallest absolute Gasteiger partial charge is 0.119 e. The third-order valence-electron chi connectivity index (χ3n) is 5.43. The Hall–Kier alpha value is -1.74. The number of benzene rings is 1. The maximum absolute atomic E-state index is 5.41. The Morgan fingerprint density at radius 1 is 1.29 bits per heavy atom. The Labute approximate surface area is 145 Å². The van der Waals surface area contributed by atoms with Gasteiger partial charge in [-0.05, 0) is 49.9 Å². The van der Waals surface area contributed by atoms with Gasteiger partial charge in [-0.15, -0.1) is 6.58 Å². The van der Waals surface area contributed by atoms with Crippen LogP contribution < -0.4 is 4.74 Å². The maximum atomic E-state index is 5.41. The molecule has 130 valence electrons. The second kappa shape index (κ2) is 7.89. The summed E-state index contributed by atoms with van der Waals surface area (Å²) in [6.07, 6.45) is 9.97. The molecule has 0 bridgehead atoms. The van der Waals surface area contributed by atoms with E-state index in [2.05, 4.69) is 41.6 Å². The number of ether oxygens (including phenoxy) is 1. The van der Waals surface area contributed by atoms with Crippen LogP contribution >= 0.6 is 0 Å². The van der Waals surface area contributed by atoms with Crippen molar-refractivity contribution in [1.82, 2.24) is 9.88 Å². The van der Waals surface area contributed by atoms with Crippen LogP contribution in [0.1, 0.15) is 43.4 Å². The number of hydrogen-bond acceptors (Lipinski definition) is 2. The van der Waals surface area contributed by atoms with Gasteiger partial charge in [0.25, 0.3) is 0 Å². The monoisotopic (exact) mass is 326 g/mol. The molecule has 0 amide bonds. The molecule has 1 fully saturated rings. The summed E-state index contributed by atoms with van der Waals surface area (Å²) >= 11 is 0. The average Bonchev–Trinajstić information content (AvgIpc) is 2.93. The van der Waals surface area contributed by atoms with Gasteiger partial charge in [0.1, 0.15) is 5.75 Å². The second-order valence-electron chi connectivity index (χ2n) is 6.97. The van der Waals surface area contributed by atoms with Crippen molar-refractivity contribution in [1.29, 1.82) is 0 Å². The molecule has 0 unspecified atom stereocenters. The van der Waals surface area contributed by atoms with Gasteiger partial charge in [0, 0.05) is 35.7 Å². The Morgan fingerprint density at radius 2 is 2.08 bits per heavy atom. The van der Waals surface area contributed by atoms with E-state index >= 15 is 0 Å². The lowest BCUT2D eigenvalue weighted by Gasteiger charge is -2.33. The van der Waals surface area contributed by atoms with Gasteiger partial charge < -0.3 is 9.72 Å². The molecule has 1 aliphatic rings. The van der Waals surface area contributed by atoms with Crippen molar-refractivity contribution in [3.8, 4) is 5.75 Å². The first-order chi connectivity index (χ1) is 11.7. The lowest BCUT2D eigenvalue weighted by atomic mass is 9.93. The zero-order valence-electron chi connectivity index (χ0n) is 15.1. The van der Waals surface area contributed by atoms with Gasteiger partial charge in [0.05, 0.1) is 7.11 Å². The molecule has 3 rings (SSSR count). The number of rotatable bonds is 7. The van der Waals surface area contributed by atoms with Crippen molar-refractivity contribution in [2.24, 2.45) is 0 Å². The molecule has 0 atom stereocenters. The molecule has 1 saturated carbocycles. The van der Waals surface area contributed by atoms with E-state index in [9.17, 15) is 0 Å². The van der Waals surface area contributed by atoms with Crippen molar-refractivity contribution in [2.75, 3.05) is 20.2 Å². The minimum Gasteiger partial charge on any atom is -0.497 e. The van der Waals surface area contributed by atoms with Crippen molar-refractivity contribution in [3.63, 3.8) is 0 Å². The van der Waals surface area contributed by atoms with Gasteiger partial charge in [0.15, 0.2) is 0 Å². The van der Waals surface area contributed by atoms with Crippen LogP contribution in [-0.2, 0) is 6.42 Å².